The molecule has 3 rings (SSSR count). The van der Waals surface area contributed by atoms with Crippen LogP contribution in [0.25, 0.3) is 11.1 Å². The van der Waals surface area contributed by atoms with Crippen molar-refractivity contribution in [3.05, 3.63) is 34.8 Å². The van der Waals surface area contributed by atoms with Crippen molar-refractivity contribution in [2.45, 2.75) is 0 Å². The number of quaternary nitrogens is 1. The Kier molecular flexibility index (Phi) is 5.43. The fourth-order valence-electron chi connectivity index (χ4n) is 2.72. The molecule has 1 fully saturated rings. The number of rotatable bonds is 3. The second-order valence-electron chi connectivity index (χ2n) is 5.76. The molecule has 0 bridgehead atoms. The van der Waals surface area contributed by atoms with Gasteiger partial charge >= 0.3 is 0 Å². The minimum Gasteiger partial charge on any atom is -1.00 e. The third-order valence-electron chi connectivity index (χ3n) is 4.06. The molecule has 4 nitrogen and oxygen atoms in total. The topological polar surface area (TPSA) is 29.3 Å². The molecule has 0 spiro atoms. The summed E-state index contributed by atoms with van der Waals surface area (Å²) < 4.78 is 6.83. The molecule has 2 aromatic rings. The molecule has 0 amide bonds. The number of halogens is 3. The van der Waals surface area contributed by atoms with Gasteiger partial charge < -0.3 is 30.8 Å². The van der Waals surface area contributed by atoms with E-state index in [1.54, 1.807) is 12.1 Å². The van der Waals surface area contributed by atoms with Crippen molar-refractivity contribution in [2.75, 3.05) is 44.7 Å². The van der Waals surface area contributed by atoms with E-state index in [1.807, 2.05) is 6.08 Å². The highest BCUT2D eigenvalue weighted by molar-refractivity contribution is 6.38. The van der Waals surface area contributed by atoms with Crippen molar-refractivity contribution >= 4 is 40.3 Å². The Morgan fingerprint density at radius 3 is 2.68 bits per heavy atom. The number of benzene rings is 1. The lowest BCUT2D eigenvalue weighted by atomic mass is 10.2. The second kappa shape index (κ2) is 6.79. The first-order valence-corrected chi connectivity index (χ1v) is 7.71. The normalized spacial score (nSPS) is 17.3. The molecule has 0 unspecified atom stereocenters. The third kappa shape index (κ3) is 3.43. The first kappa shape index (κ1) is 17.6. The van der Waals surface area contributed by atoms with Gasteiger partial charge in [-0.2, -0.15) is 4.98 Å². The van der Waals surface area contributed by atoms with E-state index < -0.39 is 0 Å². The van der Waals surface area contributed by atoms with Crippen LogP contribution >= 0.6 is 23.2 Å². The van der Waals surface area contributed by atoms with E-state index in [0.717, 1.165) is 37.2 Å². The fraction of sp³-hybridized carbons (Fsp3) is 0.400. The largest absolute Gasteiger partial charge is 1.00 e. The van der Waals surface area contributed by atoms with Crippen molar-refractivity contribution in [2.24, 2.45) is 0 Å². The van der Waals surface area contributed by atoms with E-state index in [9.17, 15) is 0 Å². The van der Waals surface area contributed by atoms with E-state index >= 15 is 0 Å². The molecule has 0 saturated carbocycles. The van der Waals surface area contributed by atoms with Crippen LogP contribution in [0.2, 0.25) is 10.0 Å². The average molecular weight is 407 g/mol. The first-order chi connectivity index (χ1) is 10.0. The summed E-state index contributed by atoms with van der Waals surface area (Å²) in [5, 5.41) is 1.07. The molecular formula is C15H18BrCl2N3O. The van der Waals surface area contributed by atoms with Gasteiger partial charge in [0.15, 0.2) is 5.58 Å². The van der Waals surface area contributed by atoms with Crippen LogP contribution in [0.1, 0.15) is 0 Å². The van der Waals surface area contributed by atoms with Gasteiger partial charge in [-0.3, -0.25) is 0 Å². The quantitative estimate of drug-likeness (QED) is 0.552. The summed E-state index contributed by atoms with van der Waals surface area (Å²) in [6, 6.07) is 4.07. The summed E-state index contributed by atoms with van der Waals surface area (Å²) in [5.41, 5.74) is 1.31. The van der Waals surface area contributed by atoms with E-state index in [-0.39, 0.29) is 17.0 Å². The maximum atomic E-state index is 6.15. The Labute approximate surface area is 150 Å². The van der Waals surface area contributed by atoms with Gasteiger partial charge in [-0.1, -0.05) is 29.8 Å². The van der Waals surface area contributed by atoms with E-state index in [2.05, 4.69) is 23.5 Å². The molecule has 1 aromatic heterocycles. The van der Waals surface area contributed by atoms with Crippen molar-refractivity contribution < 1.29 is 25.9 Å². The molecule has 7 heteroatoms. The van der Waals surface area contributed by atoms with Crippen molar-refractivity contribution in [3.8, 4) is 0 Å². The van der Waals surface area contributed by atoms with Crippen LogP contribution in [0.3, 0.4) is 0 Å². The van der Waals surface area contributed by atoms with E-state index in [1.165, 1.54) is 0 Å². The Balaban J connectivity index is 0.00000176. The van der Waals surface area contributed by atoms with Crippen LogP contribution < -0.4 is 21.9 Å². The van der Waals surface area contributed by atoms with Gasteiger partial charge in [0.1, 0.15) is 5.52 Å². The Morgan fingerprint density at radius 1 is 1.36 bits per heavy atom. The summed E-state index contributed by atoms with van der Waals surface area (Å²) in [6.07, 6.45) is 1.98. The zero-order valence-electron chi connectivity index (χ0n) is 12.4. The lowest BCUT2D eigenvalue weighted by Crippen LogP contribution is -3.00. The zero-order chi connectivity index (χ0) is 15.0. The number of piperazine rings is 1. The predicted molar refractivity (Wildman–Crippen MR) is 87.2 cm³/mol. The summed E-state index contributed by atoms with van der Waals surface area (Å²) >= 11 is 12.1. The Hall–Kier alpha value is -0.750. The molecule has 1 aliphatic rings. The van der Waals surface area contributed by atoms with Crippen LogP contribution in [0, 0.1) is 0 Å². The zero-order valence-corrected chi connectivity index (χ0v) is 15.5. The highest BCUT2D eigenvalue weighted by atomic mass is 79.9. The number of oxazole rings is 1. The maximum Gasteiger partial charge on any atom is 0.298 e. The molecule has 0 radical (unpaired) electrons. The van der Waals surface area contributed by atoms with Crippen molar-refractivity contribution in [3.63, 3.8) is 0 Å². The Morgan fingerprint density at radius 2 is 2.05 bits per heavy atom. The maximum absolute atomic E-state index is 6.15. The number of hydrogen-bond donors (Lipinski definition) is 0. The van der Waals surface area contributed by atoms with Crippen LogP contribution in [-0.2, 0) is 0 Å². The number of hydrogen-bond acceptors (Lipinski definition) is 3. The van der Waals surface area contributed by atoms with Gasteiger partial charge in [-0.25, -0.2) is 0 Å². The predicted octanol–water partition coefficient (Wildman–Crippen LogP) is 0.591. The first-order valence-electron chi connectivity index (χ1n) is 6.96. The Bertz CT molecular complexity index is 681. The van der Waals surface area contributed by atoms with Gasteiger partial charge in [0.2, 0.25) is 0 Å². The summed E-state index contributed by atoms with van der Waals surface area (Å²) in [4.78, 5) is 6.68. The van der Waals surface area contributed by atoms with E-state index in [0.29, 0.717) is 27.2 Å². The van der Waals surface area contributed by atoms with E-state index in [4.69, 9.17) is 27.6 Å². The average Bonchev–Trinajstić information content (AvgIpc) is 2.83. The van der Waals surface area contributed by atoms with Crippen molar-refractivity contribution in [1.29, 1.82) is 0 Å². The number of anilines is 1. The minimum atomic E-state index is 0. The lowest BCUT2D eigenvalue weighted by Gasteiger charge is -2.40. The lowest BCUT2D eigenvalue weighted by molar-refractivity contribution is -0.904. The van der Waals surface area contributed by atoms with Gasteiger partial charge in [0.05, 0.1) is 44.8 Å². The number of aromatic nitrogens is 1. The second-order valence-corrected chi connectivity index (χ2v) is 6.60. The van der Waals surface area contributed by atoms with Crippen LogP contribution in [-0.4, -0.2) is 49.2 Å². The fourth-order valence-corrected chi connectivity index (χ4v) is 3.24. The van der Waals surface area contributed by atoms with Crippen LogP contribution in [0.15, 0.2) is 29.2 Å². The molecule has 1 aliphatic heterocycles. The minimum absolute atomic E-state index is 0. The van der Waals surface area contributed by atoms with Gasteiger partial charge in [0.25, 0.3) is 6.01 Å². The smallest absolute Gasteiger partial charge is 0.298 e. The highest BCUT2D eigenvalue weighted by Crippen LogP contribution is 2.31. The molecule has 0 N–H and O–H groups in total. The van der Waals surface area contributed by atoms with Gasteiger partial charge in [0, 0.05) is 5.02 Å². The molecule has 22 heavy (non-hydrogen) atoms. The standard InChI is InChI=1S/C15H18Cl2N3O.BrH/c1-3-6-20(2)7-4-19(5-8-20)15-18-13-10-11(16)9-12(17)14(13)21-15;/h3,9-10H,1,4-8H2,2H3;1H/q+1;/p-1. The summed E-state index contributed by atoms with van der Waals surface area (Å²) in [7, 11) is 2.25. The van der Waals surface area contributed by atoms with Gasteiger partial charge in [-0.05, 0) is 18.2 Å². The molecule has 0 atom stereocenters. The summed E-state index contributed by atoms with van der Waals surface area (Å²) in [6.45, 7) is 8.72. The van der Waals surface area contributed by atoms with Crippen molar-refractivity contribution in [1.82, 2.24) is 4.98 Å². The monoisotopic (exact) mass is 405 g/mol. The molecule has 1 saturated heterocycles. The van der Waals surface area contributed by atoms with Crippen LogP contribution in [0.4, 0.5) is 6.01 Å². The number of likely N-dealkylation sites (N-methyl/N-ethyl adjacent to an activating group) is 1. The third-order valence-corrected chi connectivity index (χ3v) is 4.56. The molecule has 1 aromatic carbocycles. The molecule has 0 aliphatic carbocycles. The SMILES string of the molecule is C=CC[N+]1(C)CCN(c2nc3cc(Cl)cc(Cl)c3o2)CC1.[Br-]. The van der Waals surface area contributed by atoms with Gasteiger partial charge in [-0.15, -0.1) is 0 Å². The summed E-state index contributed by atoms with van der Waals surface area (Å²) in [5.74, 6) is 0. The number of fused-ring (bicyclic) bond motifs is 1. The number of nitrogens with zero attached hydrogens (tertiary/aromatic N) is 3. The molecule has 2 heterocycles. The molecule has 120 valence electrons. The van der Waals surface area contributed by atoms with Crippen LogP contribution in [0.5, 0.6) is 0 Å². The highest BCUT2D eigenvalue weighted by Gasteiger charge is 2.29. The molecular weight excluding hydrogens is 389 g/mol.